The molecule has 5 nitrogen and oxygen atoms in total. The number of fused-ring (bicyclic) bond motifs is 1. The van der Waals surface area contributed by atoms with Crippen molar-refractivity contribution in [1.29, 1.82) is 0 Å². The van der Waals surface area contributed by atoms with Crippen molar-refractivity contribution in [1.82, 2.24) is 4.90 Å². The van der Waals surface area contributed by atoms with Crippen molar-refractivity contribution in [3.05, 3.63) is 83.9 Å². The standard InChI is InChI=1S/C27H29NO4/c29-22-10-11-26-23(16-22)24(30)17-27(32-26)12-14-28(15-13-27)18-25(31)21-8-6-20(7-9-21)19-4-2-1-3-5-19/h1-11,16,24-25,29-31H,12-15,17-18H2/t24-,25+/m0/s1. The van der Waals surface area contributed by atoms with Crippen LogP contribution in [0.15, 0.2) is 72.8 Å². The summed E-state index contributed by atoms with van der Waals surface area (Å²) in [5.41, 5.74) is 3.50. The van der Waals surface area contributed by atoms with E-state index in [1.165, 1.54) is 5.56 Å². The van der Waals surface area contributed by atoms with Crippen LogP contribution in [-0.4, -0.2) is 45.5 Å². The minimum Gasteiger partial charge on any atom is -0.508 e. The third-order valence-electron chi connectivity index (χ3n) is 6.85. The average Bonchev–Trinajstić information content (AvgIpc) is 2.82. The van der Waals surface area contributed by atoms with Gasteiger partial charge in [-0.25, -0.2) is 0 Å². The van der Waals surface area contributed by atoms with Crippen molar-refractivity contribution in [2.24, 2.45) is 0 Å². The minimum atomic E-state index is -0.633. The Labute approximate surface area is 188 Å². The largest absolute Gasteiger partial charge is 0.508 e. The van der Waals surface area contributed by atoms with Crippen LogP contribution in [0.3, 0.4) is 0 Å². The summed E-state index contributed by atoms with van der Waals surface area (Å²) in [6.07, 6.45) is 0.941. The van der Waals surface area contributed by atoms with E-state index in [2.05, 4.69) is 29.2 Å². The molecule has 1 saturated heterocycles. The van der Waals surface area contributed by atoms with E-state index >= 15 is 0 Å². The van der Waals surface area contributed by atoms with Crippen LogP contribution in [0.2, 0.25) is 0 Å². The number of aliphatic hydroxyl groups excluding tert-OH is 2. The molecule has 5 rings (SSSR count). The van der Waals surface area contributed by atoms with Crippen LogP contribution in [0.1, 0.15) is 42.6 Å². The maximum absolute atomic E-state index is 10.8. The van der Waals surface area contributed by atoms with Crippen LogP contribution in [0.4, 0.5) is 0 Å². The van der Waals surface area contributed by atoms with Crippen molar-refractivity contribution in [3.8, 4) is 22.6 Å². The molecule has 32 heavy (non-hydrogen) atoms. The summed E-state index contributed by atoms with van der Waals surface area (Å²) in [7, 11) is 0. The Morgan fingerprint density at radius 1 is 0.938 bits per heavy atom. The highest BCUT2D eigenvalue weighted by Gasteiger charge is 2.43. The van der Waals surface area contributed by atoms with Crippen LogP contribution in [0.5, 0.6) is 11.5 Å². The number of aliphatic hydroxyl groups is 2. The van der Waals surface area contributed by atoms with Gasteiger partial charge in [0.05, 0.1) is 12.2 Å². The SMILES string of the molecule is Oc1ccc2c(c1)[C@@H](O)CC1(CCN(C[C@@H](O)c3ccc(-c4ccccc4)cc3)CC1)O2. The summed E-state index contributed by atoms with van der Waals surface area (Å²) in [6.45, 7) is 2.19. The molecule has 0 amide bonds. The molecule has 166 valence electrons. The number of hydrogen-bond acceptors (Lipinski definition) is 5. The first kappa shape index (κ1) is 21.0. The van der Waals surface area contributed by atoms with Gasteiger partial charge in [0, 0.05) is 31.6 Å². The van der Waals surface area contributed by atoms with Crippen LogP contribution in [0.25, 0.3) is 11.1 Å². The molecule has 2 aliphatic rings. The lowest BCUT2D eigenvalue weighted by Crippen LogP contribution is -2.51. The van der Waals surface area contributed by atoms with Gasteiger partial charge in [0.25, 0.3) is 0 Å². The lowest BCUT2D eigenvalue weighted by atomic mass is 9.81. The van der Waals surface area contributed by atoms with E-state index in [9.17, 15) is 15.3 Å². The summed E-state index contributed by atoms with van der Waals surface area (Å²) in [4.78, 5) is 2.27. The molecule has 0 radical (unpaired) electrons. The van der Waals surface area contributed by atoms with Crippen molar-refractivity contribution in [3.63, 3.8) is 0 Å². The Hall–Kier alpha value is -2.86. The molecule has 3 N–H and O–H groups in total. The van der Waals surface area contributed by atoms with Gasteiger partial charge in [0.1, 0.15) is 17.1 Å². The number of piperidine rings is 1. The predicted octanol–water partition coefficient (Wildman–Crippen LogP) is 4.44. The fourth-order valence-corrected chi connectivity index (χ4v) is 4.95. The Balaban J connectivity index is 1.19. The molecule has 3 aromatic rings. The number of phenols is 1. The highest BCUT2D eigenvalue weighted by Crippen LogP contribution is 2.45. The third-order valence-corrected chi connectivity index (χ3v) is 6.85. The van der Waals surface area contributed by atoms with E-state index in [0.29, 0.717) is 24.3 Å². The van der Waals surface area contributed by atoms with Gasteiger partial charge in [-0.1, -0.05) is 54.6 Å². The highest BCUT2D eigenvalue weighted by molar-refractivity contribution is 5.63. The molecule has 2 aliphatic heterocycles. The molecule has 2 heterocycles. The maximum atomic E-state index is 10.8. The second-order valence-corrected chi connectivity index (χ2v) is 9.03. The number of aromatic hydroxyl groups is 1. The van der Waals surface area contributed by atoms with E-state index in [0.717, 1.165) is 37.1 Å². The lowest BCUT2D eigenvalue weighted by molar-refractivity contribution is -0.0588. The predicted molar refractivity (Wildman–Crippen MR) is 124 cm³/mol. The first-order valence-corrected chi connectivity index (χ1v) is 11.3. The van der Waals surface area contributed by atoms with E-state index in [1.807, 2.05) is 30.3 Å². The van der Waals surface area contributed by atoms with Gasteiger partial charge in [-0.15, -0.1) is 0 Å². The van der Waals surface area contributed by atoms with Crippen molar-refractivity contribution in [2.45, 2.75) is 37.1 Å². The summed E-state index contributed by atoms with van der Waals surface area (Å²) < 4.78 is 6.32. The Bertz CT molecular complexity index is 1060. The number of likely N-dealkylation sites (tertiary alicyclic amines) is 1. The van der Waals surface area contributed by atoms with Crippen molar-refractivity contribution in [2.75, 3.05) is 19.6 Å². The van der Waals surface area contributed by atoms with E-state index < -0.39 is 12.2 Å². The van der Waals surface area contributed by atoms with Gasteiger partial charge in [0.2, 0.25) is 0 Å². The van der Waals surface area contributed by atoms with Crippen LogP contribution >= 0.6 is 0 Å². The van der Waals surface area contributed by atoms with Gasteiger partial charge in [0.15, 0.2) is 0 Å². The second kappa shape index (κ2) is 8.58. The number of rotatable bonds is 4. The van der Waals surface area contributed by atoms with Gasteiger partial charge in [-0.3, -0.25) is 0 Å². The number of nitrogens with zero attached hydrogens (tertiary/aromatic N) is 1. The van der Waals surface area contributed by atoms with E-state index in [1.54, 1.807) is 18.2 Å². The summed E-state index contributed by atoms with van der Waals surface area (Å²) in [6, 6.07) is 23.3. The maximum Gasteiger partial charge on any atom is 0.126 e. The zero-order valence-corrected chi connectivity index (χ0v) is 18.0. The molecule has 0 aromatic heterocycles. The number of hydrogen-bond donors (Lipinski definition) is 3. The normalized spacial score (nSPS) is 21.0. The zero-order valence-electron chi connectivity index (χ0n) is 18.0. The van der Waals surface area contributed by atoms with Gasteiger partial charge in [-0.05, 0) is 47.7 Å². The molecule has 2 atom stereocenters. The molecular weight excluding hydrogens is 402 g/mol. The minimum absolute atomic E-state index is 0.142. The van der Waals surface area contributed by atoms with E-state index in [-0.39, 0.29) is 11.4 Å². The number of benzene rings is 3. The van der Waals surface area contributed by atoms with Crippen LogP contribution in [-0.2, 0) is 0 Å². The molecule has 5 heteroatoms. The lowest BCUT2D eigenvalue weighted by Gasteiger charge is -2.46. The summed E-state index contributed by atoms with van der Waals surface area (Å²) in [5.74, 6) is 0.802. The van der Waals surface area contributed by atoms with Crippen LogP contribution in [0, 0.1) is 0 Å². The first-order chi connectivity index (χ1) is 15.5. The van der Waals surface area contributed by atoms with Gasteiger partial charge in [-0.2, -0.15) is 0 Å². The third kappa shape index (κ3) is 4.24. The van der Waals surface area contributed by atoms with E-state index in [4.69, 9.17) is 4.74 Å². The number of β-amino-alcohol motifs (C(OH)–C–C–N with tert-alkyl or cyclic N) is 1. The summed E-state index contributed by atoms with van der Waals surface area (Å²) >= 11 is 0. The Morgan fingerprint density at radius 2 is 1.62 bits per heavy atom. The smallest absolute Gasteiger partial charge is 0.126 e. The highest BCUT2D eigenvalue weighted by atomic mass is 16.5. The quantitative estimate of drug-likeness (QED) is 0.570. The average molecular weight is 432 g/mol. The molecule has 1 fully saturated rings. The first-order valence-electron chi connectivity index (χ1n) is 11.3. The molecular formula is C27H29NO4. The number of phenolic OH excluding ortho intramolecular Hbond substituents is 1. The second-order valence-electron chi connectivity index (χ2n) is 9.03. The zero-order chi connectivity index (χ0) is 22.1. The Kier molecular flexibility index (Phi) is 5.64. The number of ether oxygens (including phenoxy) is 1. The molecule has 1 spiro atoms. The Morgan fingerprint density at radius 3 is 2.34 bits per heavy atom. The molecule has 0 saturated carbocycles. The topological polar surface area (TPSA) is 73.2 Å². The fourth-order valence-electron chi connectivity index (χ4n) is 4.95. The summed E-state index contributed by atoms with van der Waals surface area (Å²) in [5, 5.41) is 31.1. The molecule has 0 unspecified atom stereocenters. The fraction of sp³-hybridized carbons (Fsp3) is 0.333. The molecule has 3 aromatic carbocycles. The molecule has 0 bridgehead atoms. The van der Waals surface area contributed by atoms with Crippen molar-refractivity contribution < 1.29 is 20.1 Å². The van der Waals surface area contributed by atoms with Crippen LogP contribution < -0.4 is 4.74 Å². The van der Waals surface area contributed by atoms with Crippen molar-refractivity contribution >= 4 is 0 Å². The monoisotopic (exact) mass is 431 g/mol. The van der Waals surface area contributed by atoms with Gasteiger partial charge >= 0.3 is 0 Å². The molecule has 0 aliphatic carbocycles. The van der Waals surface area contributed by atoms with Gasteiger partial charge < -0.3 is 25.0 Å².